The largest absolute Gasteiger partial charge is 0.480 e. The Morgan fingerprint density at radius 1 is 1.09 bits per heavy atom. The number of thiophene rings is 1. The van der Waals surface area contributed by atoms with E-state index in [0.717, 1.165) is 26.7 Å². The number of fused-ring (bicyclic) bond motifs is 3. The fourth-order valence-corrected chi connectivity index (χ4v) is 5.79. The molecule has 4 aromatic rings. The smallest absolute Gasteiger partial charge is 0.326 e. The van der Waals surface area contributed by atoms with E-state index in [-0.39, 0.29) is 17.9 Å². The van der Waals surface area contributed by atoms with Crippen LogP contribution in [-0.2, 0) is 11.8 Å². The van der Waals surface area contributed by atoms with Crippen molar-refractivity contribution in [3.8, 4) is 0 Å². The summed E-state index contributed by atoms with van der Waals surface area (Å²) in [4.78, 5) is 40.3. The van der Waals surface area contributed by atoms with Crippen molar-refractivity contribution in [2.24, 2.45) is 7.05 Å². The van der Waals surface area contributed by atoms with Gasteiger partial charge >= 0.3 is 5.97 Å². The van der Waals surface area contributed by atoms with Crippen LogP contribution in [0.1, 0.15) is 51.4 Å². The summed E-state index contributed by atoms with van der Waals surface area (Å²) in [6.07, 6.45) is 1.17. The fraction of sp³-hybridized carbons (Fsp3) is 0.269. The number of hydrogen-bond donors (Lipinski definition) is 2. The third kappa shape index (κ3) is 3.74. The Hall–Kier alpha value is -3.65. The minimum atomic E-state index is -0.965. The highest BCUT2D eigenvalue weighted by molar-refractivity contribution is 7.20. The highest BCUT2D eigenvalue weighted by Crippen LogP contribution is 2.34. The van der Waals surface area contributed by atoms with Gasteiger partial charge in [-0.05, 0) is 49.6 Å². The van der Waals surface area contributed by atoms with Crippen LogP contribution in [-0.4, -0.2) is 44.9 Å². The SMILES string of the molecule is C[C@@H](NC(=O)c1cc2c3ccccc3n(C)c2s1)c1ccc(C(=O)N2CCC[C@H]2C(=O)O)cc1. The lowest BCUT2D eigenvalue weighted by molar-refractivity contribution is -0.141. The lowest BCUT2D eigenvalue weighted by Crippen LogP contribution is -2.40. The van der Waals surface area contributed by atoms with Crippen LogP contribution in [0.3, 0.4) is 0 Å². The van der Waals surface area contributed by atoms with Gasteiger partial charge in [-0.1, -0.05) is 30.3 Å². The van der Waals surface area contributed by atoms with Gasteiger partial charge in [-0.15, -0.1) is 11.3 Å². The molecule has 0 spiro atoms. The topological polar surface area (TPSA) is 91.6 Å². The van der Waals surface area contributed by atoms with Gasteiger partial charge in [-0.2, -0.15) is 0 Å². The Morgan fingerprint density at radius 3 is 2.56 bits per heavy atom. The average molecular weight is 476 g/mol. The first-order valence-electron chi connectivity index (χ1n) is 11.3. The quantitative estimate of drug-likeness (QED) is 0.442. The maximum Gasteiger partial charge on any atom is 0.326 e. The number of para-hydroxylation sites is 1. The monoisotopic (exact) mass is 475 g/mol. The molecule has 1 fully saturated rings. The van der Waals surface area contributed by atoms with Crippen molar-refractivity contribution in [3.63, 3.8) is 0 Å². The van der Waals surface area contributed by atoms with Crippen molar-refractivity contribution in [2.45, 2.75) is 31.8 Å². The molecule has 7 nitrogen and oxygen atoms in total. The minimum Gasteiger partial charge on any atom is -0.480 e. The van der Waals surface area contributed by atoms with E-state index in [1.807, 2.05) is 44.3 Å². The number of nitrogens with one attached hydrogen (secondary N) is 1. The summed E-state index contributed by atoms with van der Waals surface area (Å²) in [5.74, 6) is -1.38. The number of aliphatic carboxylic acids is 1. The second-order valence-corrected chi connectivity index (χ2v) is 9.75. The molecule has 2 aromatic heterocycles. The molecule has 0 radical (unpaired) electrons. The molecule has 2 aromatic carbocycles. The lowest BCUT2D eigenvalue weighted by atomic mass is 10.0. The number of hydrogen-bond acceptors (Lipinski definition) is 4. The second kappa shape index (κ2) is 8.61. The third-order valence-corrected chi connectivity index (χ3v) is 7.81. The number of carbonyl (C=O) groups is 3. The van der Waals surface area contributed by atoms with Crippen LogP contribution in [0.2, 0.25) is 0 Å². The molecule has 2 N–H and O–H groups in total. The van der Waals surface area contributed by atoms with Crippen LogP contribution < -0.4 is 5.32 Å². The van der Waals surface area contributed by atoms with Crippen molar-refractivity contribution < 1.29 is 19.5 Å². The predicted molar refractivity (Wildman–Crippen MR) is 132 cm³/mol. The molecule has 5 rings (SSSR count). The molecular formula is C26H25N3O4S. The van der Waals surface area contributed by atoms with Gasteiger partial charge in [0.1, 0.15) is 10.9 Å². The number of aromatic nitrogens is 1. The van der Waals surface area contributed by atoms with Crippen LogP contribution in [0.25, 0.3) is 21.1 Å². The summed E-state index contributed by atoms with van der Waals surface area (Å²) in [5, 5.41) is 14.6. The standard InChI is InChI=1S/C26H25N3O4S/c1-15(16-9-11-17(12-10-16)24(31)29-13-5-8-21(29)26(32)33)27-23(30)22-14-19-18-6-3-4-7-20(18)28(2)25(19)34-22/h3-4,6-7,9-12,14-15,21H,5,8,13H2,1-2H3,(H,27,30)(H,32,33)/t15-,21+/m1/s1. The van der Waals surface area contributed by atoms with Crippen molar-refractivity contribution in [3.05, 3.63) is 70.6 Å². The highest BCUT2D eigenvalue weighted by Gasteiger charge is 2.34. The van der Waals surface area contributed by atoms with Crippen molar-refractivity contribution in [1.82, 2.24) is 14.8 Å². The molecule has 3 heterocycles. The first kappa shape index (κ1) is 22.2. The summed E-state index contributed by atoms with van der Waals surface area (Å²) >= 11 is 1.47. The summed E-state index contributed by atoms with van der Waals surface area (Å²) in [7, 11) is 2.01. The molecule has 0 saturated carbocycles. The van der Waals surface area contributed by atoms with Gasteiger partial charge in [0.25, 0.3) is 11.8 Å². The second-order valence-electron chi connectivity index (χ2n) is 8.72. The number of carboxylic acids is 1. The van der Waals surface area contributed by atoms with Gasteiger partial charge in [-0.25, -0.2) is 4.79 Å². The number of amides is 2. The molecule has 34 heavy (non-hydrogen) atoms. The lowest BCUT2D eigenvalue weighted by Gasteiger charge is -2.22. The van der Waals surface area contributed by atoms with E-state index in [1.54, 1.807) is 12.1 Å². The molecule has 1 aliphatic heterocycles. The number of rotatable bonds is 5. The summed E-state index contributed by atoms with van der Waals surface area (Å²) < 4.78 is 2.11. The minimum absolute atomic E-state index is 0.140. The van der Waals surface area contributed by atoms with Crippen molar-refractivity contribution in [1.29, 1.82) is 0 Å². The number of carbonyl (C=O) groups excluding carboxylic acids is 2. The van der Waals surface area contributed by atoms with Crippen molar-refractivity contribution >= 4 is 50.2 Å². The van der Waals surface area contributed by atoms with Crippen LogP contribution in [0.5, 0.6) is 0 Å². The van der Waals surface area contributed by atoms with E-state index in [4.69, 9.17) is 0 Å². The first-order valence-corrected chi connectivity index (χ1v) is 12.1. The number of benzene rings is 2. The highest BCUT2D eigenvalue weighted by atomic mass is 32.1. The molecule has 0 bridgehead atoms. The predicted octanol–water partition coefficient (Wildman–Crippen LogP) is 4.57. The number of nitrogens with zero attached hydrogens (tertiary/aromatic N) is 2. The van der Waals surface area contributed by atoms with Crippen LogP contribution in [0.4, 0.5) is 0 Å². The zero-order chi connectivity index (χ0) is 24.0. The van der Waals surface area contributed by atoms with Gasteiger partial charge in [0, 0.05) is 35.4 Å². The van der Waals surface area contributed by atoms with Gasteiger partial charge in [-0.3, -0.25) is 9.59 Å². The Labute approximate surface area is 200 Å². The van der Waals surface area contributed by atoms with Gasteiger partial charge in [0.05, 0.1) is 10.9 Å². The van der Waals surface area contributed by atoms with Crippen LogP contribution in [0.15, 0.2) is 54.6 Å². The summed E-state index contributed by atoms with van der Waals surface area (Å²) in [6, 6.07) is 16.1. The van der Waals surface area contributed by atoms with E-state index in [2.05, 4.69) is 22.0 Å². The Kier molecular flexibility index (Phi) is 5.61. The summed E-state index contributed by atoms with van der Waals surface area (Å²) in [6.45, 7) is 2.35. The third-order valence-electron chi connectivity index (χ3n) is 6.60. The molecule has 1 aliphatic rings. The van der Waals surface area contributed by atoms with Crippen LogP contribution in [0, 0.1) is 0 Å². The molecule has 2 atom stereocenters. The normalized spacial score (nSPS) is 16.8. The van der Waals surface area contributed by atoms with E-state index in [0.29, 0.717) is 29.8 Å². The maximum absolute atomic E-state index is 13.0. The van der Waals surface area contributed by atoms with Crippen molar-refractivity contribution in [2.75, 3.05) is 6.54 Å². The molecule has 0 unspecified atom stereocenters. The van der Waals surface area contributed by atoms with E-state index >= 15 is 0 Å². The van der Waals surface area contributed by atoms with Gasteiger partial charge in [0.15, 0.2) is 0 Å². The molecule has 0 aliphatic carbocycles. The zero-order valence-electron chi connectivity index (χ0n) is 18.9. The molecular weight excluding hydrogens is 450 g/mol. The Bertz CT molecular complexity index is 1420. The van der Waals surface area contributed by atoms with E-state index in [9.17, 15) is 19.5 Å². The van der Waals surface area contributed by atoms with Crippen LogP contribution >= 0.6 is 11.3 Å². The number of aryl methyl sites for hydroxylation is 1. The average Bonchev–Trinajstić information content (AvgIpc) is 3.56. The van der Waals surface area contributed by atoms with Gasteiger partial charge < -0.3 is 19.9 Å². The van der Waals surface area contributed by atoms with E-state index < -0.39 is 12.0 Å². The number of likely N-dealkylation sites (tertiary alicyclic amines) is 1. The Balaban J connectivity index is 1.30. The van der Waals surface area contributed by atoms with Gasteiger partial charge in [0.2, 0.25) is 0 Å². The molecule has 8 heteroatoms. The summed E-state index contributed by atoms with van der Waals surface area (Å²) in [5.41, 5.74) is 2.46. The maximum atomic E-state index is 13.0. The molecule has 2 amide bonds. The Morgan fingerprint density at radius 2 is 1.82 bits per heavy atom. The van der Waals surface area contributed by atoms with E-state index in [1.165, 1.54) is 16.2 Å². The molecule has 1 saturated heterocycles. The zero-order valence-corrected chi connectivity index (χ0v) is 19.8. The molecule has 174 valence electrons. The fourth-order valence-electron chi connectivity index (χ4n) is 4.74. The number of carboxylic acid groups (broad SMARTS) is 1. The first-order chi connectivity index (χ1) is 16.3.